The lowest BCUT2D eigenvalue weighted by Crippen LogP contribution is -2.16. The van der Waals surface area contributed by atoms with Crippen LogP contribution in [0.2, 0.25) is 5.02 Å². The first-order chi connectivity index (χ1) is 15.4. The normalized spacial score (nSPS) is 10.8. The predicted molar refractivity (Wildman–Crippen MR) is 126 cm³/mol. The number of hydrogen-bond acceptors (Lipinski definition) is 3. The van der Waals surface area contributed by atoms with E-state index >= 15 is 0 Å². The lowest BCUT2D eigenvalue weighted by molar-refractivity contribution is 0.394. The van der Waals surface area contributed by atoms with Gasteiger partial charge in [-0.25, -0.2) is 4.39 Å². The summed E-state index contributed by atoms with van der Waals surface area (Å²) in [5.41, 5.74) is 3.69. The molecule has 4 rings (SSSR count). The minimum Gasteiger partial charge on any atom is -0.497 e. The summed E-state index contributed by atoms with van der Waals surface area (Å²) in [6.07, 6.45) is 0. The Bertz CT molecular complexity index is 1330. The monoisotopic (exact) mass is 449 g/mol. The third kappa shape index (κ3) is 3.87. The van der Waals surface area contributed by atoms with Crippen molar-refractivity contribution in [1.82, 2.24) is 4.57 Å². The van der Waals surface area contributed by atoms with Crippen LogP contribution in [-0.4, -0.2) is 18.8 Å². The quantitative estimate of drug-likeness (QED) is 0.359. The SMILES string of the molecule is COc1cc(OC)c(Cl)c(-n2c(-c3ccccc3)cc(=O)c(C)c2-c2ccc(F)cc2)c1. The van der Waals surface area contributed by atoms with Crippen molar-refractivity contribution < 1.29 is 13.9 Å². The third-order valence-corrected chi connectivity index (χ3v) is 5.71. The molecule has 0 spiro atoms. The van der Waals surface area contributed by atoms with E-state index in [-0.39, 0.29) is 11.2 Å². The summed E-state index contributed by atoms with van der Waals surface area (Å²) < 4.78 is 26.5. The van der Waals surface area contributed by atoms with Gasteiger partial charge in [-0.3, -0.25) is 4.79 Å². The van der Waals surface area contributed by atoms with E-state index in [1.165, 1.54) is 19.2 Å². The van der Waals surface area contributed by atoms with Crippen LogP contribution in [0.4, 0.5) is 4.39 Å². The van der Waals surface area contributed by atoms with Crippen molar-refractivity contribution in [1.29, 1.82) is 0 Å². The lowest BCUT2D eigenvalue weighted by atomic mass is 10.0. The van der Waals surface area contributed by atoms with Gasteiger partial charge in [0, 0.05) is 23.8 Å². The first-order valence-electron chi connectivity index (χ1n) is 9.94. The molecule has 0 aliphatic rings. The van der Waals surface area contributed by atoms with Crippen LogP contribution in [0.3, 0.4) is 0 Å². The number of methoxy groups -OCH3 is 2. The summed E-state index contributed by atoms with van der Waals surface area (Å²) in [6, 6.07) is 20.6. The molecule has 0 radical (unpaired) electrons. The van der Waals surface area contributed by atoms with E-state index in [0.717, 1.165) is 5.56 Å². The highest BCUT2D eigenvalue weighted by molar-refractivity contribution is 6.34. The molecule has 1 heterocycles. The molecule has 0 aliphatic carbocycles. The Hall–Kier alpha value is -3.57. The van der Waals surface area contributed by atoms with Crippen LogP contribution >= 0.6 is 11.6 Å². The maximum atomic E-state index is 13.7. The zero-order valence-corrected chi connectivity index (χ0v) is 18.6. The van der Waals surface area contributed by atoms with E-state index in [0.29, 0.717) is 44.7 Å². The van der Waals surface area contributed by atoms with Crippen LogP contribution in [0.25, 0.3) is 28.2 Å². The summed E-state index contributed by atoms with van der Waals surface area (Å²) in [6.45, 7) is 1.75. The highest BCUT2D eigenvalue weighted by Gasteiger charge is 2.21. The molecule has 0 saturated carbocycles. The van der Waals surface area contributed by atoms with Gasteiger partial charge in [0.1, 0.15) is 22.3 Å². The van der Waals surface area contributed by atoms with Gasteiger partial charge in [-0.15, -0.1) is 0 Å². The molecule has 4 nitrogen and oxygen atoms in total. The van der Waals surface area contributed by atoms with E-state index in [1.807, 2.05) is 34.9 Å². The minimum absolute atomic E-state index is 0.134. The average Bonchev–Trinajstić information content (AvgIpc) is 2.82. The van der Waals surface area contributed by atoms with Crippen LogP contribution in [0.1, 0.15) is 5.56 Å². The molecule has 0 unspecified atom stereocenters. The van der Waals surface area contributed by atoms with Crippen molar-refractivity contribution in [3.63, 3.8) is 0 Å². The van der Waals surface area contributed by atoms with Crippen molar-refractivity contribution in [2.24, 2.45) is 0 Å². The molecule has 6 heteroatoms. The first-order valence-corrected chi connectivity index (χ1v) is 10.3. The molecule has 0 saturated heterocycles. The van der Waals surface area contributed by atoms with Crippen LogP contribution in [0, 0.1) is 12.7 Å². The van der Waals surface area contributed by atoms with E-state index in [9.17, 15) is 9.18 Å². The molecule has 0 bridgehead atoms. The summed E-state index contributed by atoms with van der Waals surface area (Å²) >= 11 is 6.77. The fourth-order valence-electron chi connectivity index (χ4n) is 3.71. The molecule has 0 amide bonds. The van der Waals surface area contributed by atoms with E-state index < -0.39 is 0 Å². The Labute approximate surface area is 190 Å². The molecule has 3 aromatic carbocycles. The zero-order chi connectivity index (χ0) is 22.8. The van der Waals surface area contributed by atoms with E-state index in [4.69, 9.17) is 21.1 Å². The lowest BCUT2D eigenvalue weighted by Gasteiger charge is -2.23. The molecular formula is C26H21ClFNO3. The van der Waals surface area contributed by atoms with Gasteiger partial charge in [0.2, 0.25) is 0 Å². The molecule has 32 heavy (non-hydrogen) atoms. The van der Waals surface area contributed by atoms with Gasteiger partial charge in [0.15, 0.2) is 5.43 Å². The first kappa shape index (κ1) is 21.7. The number of halogens is 2. The maximum Gasteiger partial charge on any atom is 0.185 e. The molecule has 0 aliphatic heterocycles. The predicted octanol–water partition coefficient (Wildman–Crippen LogP) is 6.29. The van der Waals surface area contributed by atoms with Crippen LogP contribution in [-0.2, 0) is 0 Å². The second-order valence-corrected chi connectivity index (χ2v) is 7.62. The van der Waals surface area contributed by atoms with Crippen LogP contribution in [0.5, 0.6) is 11.5 Å². The Morgan fingerprint density at radius 3 is 2.19 bits per heavy atom. The number of ether oxygens (including phenoxy) is 2. The summed E-state index contributed by atoms with van der Waals surface area (Å²) in [7, 11) is 3.09. The van der Waals surface area contributed by atoms with Crippen molar-refractivity contribution in [3.05, 3.63) is 99.4 Å². The van der Waals surface area contributed by atoms with Gasteiger partial charge in [-0.1, -0.05) is 41.9 Å². The summed E-state index contributed by atoms with van der Waals surface area (Å²) in [5, 5.41) is 0.358. The van der Waals surface area contributed by atoms with Crippen LogP contribution < -0.4 is 14.9 Å². The van der Waals surface area contributed by atoms with E-state index in [2.05, 4.69) is 0 Å². The second kappa shape index (κ2) is 8.89. The van der Waals surface area contributed by atoms with Gasteiger partial charge < -0.3 is 14.0 Å². The highest BCUT2D eigenvalue weighted by atomic mass is 35.5. The summed E-state index contributed by atoms with van der Waals surface area (Å²) in [5.74, 6) is 0.615. The molecular weight excluding hydrogens is 429 g/mol. The molecule has 1 aromatic heterocycles. The Kier molecular flexibility index (Phi) is 6.01. The topological polar surface area (TPSA) is 40.5 Å². The van der Waals surface area contributed by atoms with Gasteiger partial charge in [0.25, 0.3) is 0 Å². The standard InChI is InChI=1S/C26H21ClFNO3/c1-16-23(30)15-21(17-7-5-4-6-8-17)29(26(16)18-9-11-19(28)12-10-18)22-13-20(31-2)14-24(32-3)25(22)27/h4-15H,1-3H3. The number of rotatable bonds is 5. The van der Waals surface area contributed by atoms with Crippen molar-refractivity contribution in [2.75, 3.05) is 14.2 Å². The fraction of sp³-hybridized carbons (Fsp3) is 0.115. The van der Waals surface area contributed by atoms with Gasteiger partial charge in [-0.2, -0.15) is 0 Å². The third-order valence-electron chi connectivity index (χ3n) is 5.33. The largest absolute Gasteiger partial charge is 0.497 e. The number of hydrogen-bond donors (Lipinski definition) is 0. The molecule has 0 atom stereocenters. The van der Waals surface area contributed by atoms with Gasteiger partial charge in [0.05, 0.1) is 31.3 Å². The fourth-order valence-corrected chi connectivity index (χ4v) is 3.99. The van der Waals surface area contributed by atoms with Gasteiger partial charge in [-0.05, 0) is 42.3 Å². The number of benzene rings is 3. The highest BCUT2D eigenvalue weighted by Crippen LogP contribution is 2.40. The molecule has 4 aromatic rings. The Morgan fingerprint density at radius 2 is 1.56 bits per heavy atom. The number of aromatic nitrogens is 1. The molecule has 0 fully saturated rings. The van der Waals surface area contributed by atoms with Crippen molar-refractivity contribution >= 4 is 11.6 Å². The average molecular weight is 450 g/mol. The maximum absolute atomic E-state index is 13.7. The summed E-state index contributed by atoms with van der Waals surface area (Å²) in [4.78, 5) is 13.0. The van der Waals surface area contributed by atoms with Gasteiger partial charge >= 0.3 is 0 Å². The molecule has 0 N–H and O–H groups in total. The minimum atomic E-state index is -0.361. The van der Waals surface area contributed by atoms with Crippen LogP contribution in [0.15, 0.2) is 77.6 Å². The Balaban J connectivity index is 2.19. The van der Waals surface area contributed by atoms with E-state index in [1.54, 1.807) is 44.4 Å². The number of nitrogens with zero attached hydrogens (tertiary/aromatic N) is 1. The Morgan fingerprint density at radius 1 is 0.875 bits per heavy atom. The van der Waals surface area contributed by atoms with Crippen molar-refractivity contribution in [3.8, 4) is 39.7 Å². The zero-order valence-electron chi connectivity index (χ0n) is 17.9. The molecule has 162 valence electrons. The van der Waals surface area contributed by atoms with Crippen molar-refractivity contribution in [2.45, 2.75) is 6.92 Å². The number of pyridine rings is 1. The second-order valence-electron chi connectivity index (χ2n) is 7.24. The smallest absolute Gasteiger partial charge is 0.185 e.